The number of imide groups is 2. The van der Waals surface area contributed by atoms with Crippen LogP contribution in [0.25, 0.3) is 6.08 Å². The lowest BCUT2D eigenvalue weighted by Crippen LogP contribution is -2.54. The molecule has 0 aromatic heterocycles. The van der Waals surface area contributed by atoms with Crippen LogP contribution in [0.3, 0.4) is 0 Å². The predicted octanol–water partition coefficient (Wildman–Crippen LogP) is 3.53. The summed E-state index contributed by atoms with van der Waals surface area (Å²) in [5, 5.41) is 2.19. The third-order valence-corrected chi connectivity index (χ3v) is 4.65. The molecule has 7 nitrogen and oxygen atoms in total. The van der Waals surface area contributed by atoms with Crippen molar-refractivity contribution >= 4 is 45.5 Å². The molecule has 1 heterocycles. The van der Waals surface area contributed by atoms with Gasteiger partial charge in [-0.05, 0) is 58.8 Å². The van der Waals surface area contributed by atoms with Gasteiger partial charge in [0.2, 0.25) is 0 Å². The summed E-state index contributed by atoms with van der Waals surface area (Å²) in [6.07, 6.45) is 6.64. The van der Waals surface area contributed by atoms with Gasteiger partial charge in [-0.15, -0.1) is 6.42 Å². The molecule has 2 aromatic carbocycles. The quantitative estimate of drug-likeness (QED) is 0.398. The molecule has 0 bridgehead atoms. The average molecular weight is 469 g/mol. The Hall–Kier alpha value is -3.57. The molecule has 2 aromatic rings. The van der Waals surface area contributed by atoms with Crippen molar-refractivity contribution in [2.75, 3.05) is 18.1 Å². The molecular formula is C22H17BrN2O5. The third kappa shape index (κ3) is 4.36. The molecule has 4 amide bonds. The van der Waals surface area contributed by atoms with Gasteiger partial charge >= 0.3 is 6.03 Å². The topological polar surface area (TPSA) is 84.9 Å². The number of urea groups is 1. The smallest absolute Gasteiger partial charge is 0.335 e. The minimum absolute atomic E-state index is 0.0498. The Kier molecular flexibility index (Phi) is 6.54. The van der Waals surface area contributed by atoms with E-state index < -0.39 is 17.8 Å². The van der Waals surface area contributed by atoms with Crippen LogP contribution in [-0.4, -0.2) is 31.1 Å². The van der Waals surface area contributed by atoms with Crippen LogP contribution >= 0.6 is 15.9 Å². The van der Waals surface area contributed by atoms with E-state index in [4.69, 9.17) is 15.9 Å². The fourth-order valence-electron chi connectivity index (χ4n) is 2.82. The minimum atomic E-state index is -0.803. The van der Waals surface area contributed by atoms with E-state index in [1.54, 1.807) is 42.5 Å². The third-order valence-electron chi connectivity index (χ3n) is 4.06. The number of carbonyl (C=O) groups is 3. The van der Waals surface area contributed by atoms with Gasteiger partial charge in [0.15, 0.2) is 11.5 Å². The number of anilines is 1. The van der Waals surface area contributed by atoms with Crippen molar-refractivity contribution in [2.24, 2.45) is 0 Å². The number of hydrogen-bond donors (Lipinski definition) is 1. The van der Waals surface area contributed by atoms with Gasteiger partial charge in [-0.2, -0.15) is 0 Å². The number of ether oxygens (including phenoxy) is 2. The number of terminal acetylenes is 1. The summed E-state index contributed by atoms with van der Waals surface area (Å²) in [5.41, 5.74) is 0.664. The van der Waals surface area contributed by atoms with Gasteiger partial charge in [0.25, 0.3) is 11.8 Å². The van der Waals surface area contributed by atoms with Gasteiger partial charge in [0.05, 0.1) is 16.8 Å². The van der Waals surface area contributed by atoms with E-state index in [9.17, 15) is 14.4 Å². The lowest BCUT2D eigenvalue weighted by Gasteiger charge is -2.26. The Morgan fingerprint density at radius 3 is 2.57 bits per heavy atom. The first kappa shape index (κ1) is 21.1. The molecule has 0 atom stereocenters. The monoisotopic (exact) mass is 468 g/mol. The van der Waals surface area contributed by atoms with E-state index in [0.717, 1.165) is 4.90 Å². The zero-order chi connectivity index (χ0) is 21.7. The number of hydrogen-bond acceptors (Lipinski definition) is 5. The van der Waals surface area contributed by atoms with Gasteiger partial charge in [-0.3, -0.25) is 14.9 Å². The molecule has 1 saturated heterocycles. The van der Waals surface area contributed by atoms with Crippen molar-refractivity contribution in [2.45, 2.75) is 6.92 Å². The van der Waals surface area contributed by atoms with Gasteiger partial charge in [-0.1, -0.05) is 24.1 Å². The first-order chi connectivity index (χ1) is 14.5. The van der Waals surface area contributed by atoms with E-state index in [-0.39, 0.29) is 12.2 Å². The molecule has 0 saturated carbocycles. The molecule has 1 aliphatic heterocycles. The molecule has 0 aliphatic carbocycles. The predicted molar refractivity (Wildman–Crippen MR) is 115 cm³/mol. The highest BCUT2D eigenvalue weighted by molar-refractivity contribution is 9.10. The summed E-state index contributed by atoms with van der Waals surface area (Å²) >= 11 is 3.40. The minimum Gasteiger partial charge on any atom is -0.490 e. The van der Waals surface area contributed by atoms with Crippen molar-refractivity contribution in [3.8, 4) is 23.8 Å². The maximum Gasteiger partial charge on any atom is 0.335 e. The highest BCUT2D eigenvalue weighted by Gasteiger charge is 2.36. The molecule has 0 radical (unpaired) electrons. The van der Waals surface area contributed by atoms with Crippen LogP contribution < -0.4 is 19.7 Å². The zero-order valence-corrected chi connectivity index (χ0v) is 17.6. The van der Waals surface area contributed by atoms with Gasteiger partial charge in [-0.25, -0.2) is 9.69 Å². The van der Waals surface area contributed by atoms with E-state index in [0.29, 0.717) is 33.8 Å². The Morgan fingerprint density at radius 1 is 1.17 bits per heavy atom. The molecule has 1 aliphatic rings. The van der Waals surface area contributed by atoms with Crippen LogP contribution in [0.15, 0.2) is 52.5 Å². The molecule has 0 unspecified atom stereocenters. The fourth-order valence-corrected chi connectivity index (χ4v) is 3.40. The first-order valence-corrected chi connectivity index (χ1v) is 9.74. The summed E-state index contributed by atoms with van der Waals surface area (Å²) in [5.74, 6) is 1.69. The van der Waals surface area contributed by atoms with E-state index >= 15 is 0 Å². The summed E-state index contributed by atoms with van der Waals surface area (Å²) in [6.45, 7) is 2.23. The first-order valence-electron chi connectivity index (χ1n) is 8.95. The second kappa shape index (κ2) is 9.29. The van der Waals surface area contributed by atoms with E-state index in [2.05, 4.69) is 27.2 Å². The summed E-state index contributed by atoms with van der Waals surface area (Å²) in [6, 6.07) is 10.8. The number of para-hydroxylation sites is 1. The highest BCUT2D eigenvalue weighted by atomic mass is 79.9. The standard InChI is InChI=1S/C22H17BrN2O5/c1-3-10-30-19-17(23)12-14(13-18(19)29-4-2)11-16-20(26)24-22(28)25(21(16)27)15-8-6-5-7-9-15/h1,5-9,11-13H,4,10H2,2H3,(H,24,26,28)/b16-11+. The normalized spacial score (nSPS) is 15.0. The molecule has 3 rings (SSSR count). The number of carbonyl (C=O) groups excluding carboxylic acids is 3. The second-order valence-corrected chi connectivity index (χ2v) is 6.90. The Bertz CT molecular complexity index is 1070. The largest absolute Gasteiger partial charge is 0.490 e. The molecule has 1 N–H and O–H groups in total. The van der Waals surface area contributed by atoms with Crippen LogP contribution in [0, 0.1) is 12.3 Å². The maximum atomic E-state index is 12.9. The molecular weight excluding hydrogens is 452 g/mol. The highest BCUT2D eigenvalue weighted by Crippen LogP contribution is 2.37. The Balaban J connectivity index is 2.02. The number of barbiturate groups is 1. The van der Waals surface area contributed by atoms with Crippen LogP contribution in [0.5, 0.6) is 11.5 Å². The number of benzene rings is 2. The van der Waals surface area contributed by atoms with Crippen LogP contribution in [0.2, 0.25) is 0 Å². The SMILES string of the molecule is C#CCOc1c(Br)cc(/C=C2\C(=O)NC(=O)N(c3ccccc3)C2=O)cc1OCC. The maximum absolute atomic E-state index is 12.9. The van der Waals surface area contributed by atoms with Crippen molar-refractivity contribution in [1.82, 2.24) is 5.32 Å². The van der Waals surface area contributed by atoms with Crippen LogP contribution in [0.4, 0.5) is 10.5 Å². The summed E-state index contributed by atoms with van der Waals surface area (Å²) in [4.78, 5) is 38.5. The molecule has 152 valence electrons. The van der Waals surface area contributed by atoms with Crippen molar-refractivity contribution in [3.63, 3.8) is 0 Å². The molecule has 1 fully saturated rings. The molecule has 30 heavy (non-hydrogen) atoms. The van der Waals surface area contributed by atoms with E-state index in [1.807, 2.05) is 6.92 Å². The van der Waals surface area contributed by atoms with Crippen LogP contribution in [0.1, 0.15) is 12.5 Å². The number of rotatable bonds is 6. The van der Waals surface area contributed by atoms with Gasteiger partial charge < -0.3 is 9.47 Å². The Labute approximate surface area is 181 Å². The summed E-state index contributed by atoms with van der Waals surface area (Å²) < 4.78 is 11.7. The number of amides is 4. The lowest BCUT2D eigenvalue weighted by atomic mass is 10.1. The zero-order valence-electron chi connectivity index (χ0n) is 16.0. The van der Waals surface area contributed by atoms with Crippen molar-refractivity contribution in [3.05, 3.63) is 58.1 Å². The second-order valence-electron chi connectivity index (χ2n) is 6.05. The molecule has 8 heteroatoms. The summed E-state index contributed by atoms with van der Waals surface area (Å²) in [7, 11) is 0. The van der Waals surface area contributed by atoms with Crippen LogP contribution in [-0.2, 0) is 9.59 Å². The van der Waals surface area contributed by atoms with E-state index in [1.165, 1.54) is 6.08 Å². The Morgan fingerprint density at radius 2 is 1.90 bits per heavy atom. The van der Waals surface area contributed by atoms with Gasteiger partial charge in [0, 0.05) is 0 Å². The average Bonchev–Trinajstić information content (AvgIpc) is 2.71. The number of nitrogens with zero attached hydrogens (tertiary/aromatic N) is 1. The van der Waals surface area contributed by atoms with Gasteiger partial charge in [0.1, 0.15) is 12.2 Å². The number of nitrogens with one attached hydrogen (secondary N) is 1. The van der Waals surface area contributed by atoms with Crippen molar-refractivity contribution in [1.29, 1.82) is 0 Å². The fraction of sp³-hybridized carbons (Fsp3) is 0.136. The molecule has 0 spiro atoms. The van der Waals surface area contributed by atoms with Crippen molar-refractivity contribution < 1.29 is 23.9 Å². The lowest BCUT2D eigenvalue weighted by molar-refractivity contribution is -0.122. The number of halogens is 1.